The number of amides is 2. The Morgan fingerprint density at radius 1 is 1.04 bits per heavy atom. The monoisotopic (exact) mass is 346 g/mol. The summed E-state index contributed by atoms with van der Waals surface area (Å²) in [4.78, 5) is 29.4. The molecule has 7 heteroatoms. The molecule has 0 atom stereocenters. The third-order valence-electron chi connectivity index (χ3n) is 5.61. The second kappa shape index (κ2) is 6.78. The van der Waals surface area contributed by atoms with Crippen molar-refractivity contribution in [2.24, 2.45) is 5.92 Å². The third-order valence-corrected chi connectivity index (χ3v) is 5.61. The van der Waals surface area contributed by atoms with Gasteiger partial charge in [0.2, 0.25) is 5.91 Å². The maximum atomic E-state index is 13.0. The molecule has 4 rings (SSSR count). The number of likely N-dealkylation sites (tertiary alicyclic amines) is 1. The molecule has 0 bridgehead atoms. The maximum Gasteiger partial charge on any atom is 0.257 e. The van der Waals surface area contributed by atoms with Crippen molar-refractivity contribution in [3.8, 4) is 0 Å². The van der Waals surface area contributed by atoms with Crippen LogP contribution in [0.1, 0.15) is 53.3 Å². The van der Waals surface area contributed by atoms with Gasteiger partial charge in [-0.15, -0.1) is 0 Å². The van der Waals surface area contributed by atoms with E-state index in [9.17, 15) is 9.59 Å². The largest absolute Gasteiger partial charge is 0.378 e. The van der Waals surface area contributed by atoms with Crippen LogP contribution in [-0.4, -0.2) is 71.2 Å². The summed E-state index contributed by atoms with van der Waals surface area (Å²) in [6, 6.07) is 0. The molecule has 0 radical (unpaired) electrons. The molecule has 0 unspecified atom stereocenters. The first-order valence-corrected chi connectivity index (χ1v) is 9.36. The first kappa shape index (κ1) is 16.6. The lowest BCUT2D eigenvalue weighted by Crippen LogP contribution is -2.47. The number of nitrogens with one attached hydrogen (secondary N) is 1. The molecule has 1 aromatic rings. The van der Waals surface area contributed by atoms with Gasteiger partial charge in [-0.3, -0.25) is 14.7 Å². The molecular weight excluding hydrogens is 320 g/mol. The number of ether oxygens (including phenoxy) is 1. The highest BCUT2D eigenvalue weighted by molar-refractivity contribution is 5.97. The number of H-pyrrole nitrogens is 1. The minimum atomic E-state index is 0.0375. The summed E-state index contributed by atoms with van der Waals surface area (Å²) >= 11 is 0. The van der Waals surface area contributed by atoms with Crippen molar-refractivity contribution in [3.63, 3.8) is 0 Å². The maximum absolute atomic E-state index is 13.0. The molecule has 3 aliphatic rings. The zero-order valence-corrected chi connectivity index (χ0v) is 14.8. The van der Waals surface area contributed by atoms with E-state index in [1.807, 2.05) is 16.7 Å². The number of rotatable bonds is 3. The standard InChI is InChI=1S/C18H26N4O3/c1-12-15(16(20-19-12)13-2-3-13)18(24)21-6-4-14(5-7-21)17(23)22-8-10-25-11-9-22/h13-14H,2-11H2,1H3,(H,19,20). The Labute approximate surface area is 147 Å². The van der Waals surface area contributed by atoms with Gasteiger partial charge in [-0.25, -0.2) is 0 Å². The highest BCUT2D eigenvalue weighted by atomic mass is 16.5. The van der Waals surface area contributed by atoms with Gasteiger partial charge in [-0.1, -0.05) is 0 Å². The molecule has 2 amide bonds. The normalized spacial score (nSPS) is 22.3. The van der Waals surface area contributed by atoms with Gasteiger partial charge >= 0.3 is 0 Å². The predicted molar refractivity (Wildman–Crippen MR) is 91.3 cm³/mol. The summed E-state index contributed by atoms with van der Waals surface area (Å²) in [5.74, 6) is 0.791. The van der Waals surface area contributed by atoms with Crippen LogP contribution < -0.4 is 0 Å². The average Bonchev–Trinajstić information content (AvgIpc) is 3.43. The number of nitrogens with zero attached hydrogens (tertiary/aromatic N) is 3. The van der Waals surface area contributed by atoms with E-state index in [0.717, 1.165) is 42.6 Å². The summed E-state index contributed by atoms with van der Waals surface area (Å²) in [5.41, 5.74) is 2.56. The molecule has 25 heavy (non-hydrogen) atoms. The SMILES string of the molecule is Cc1[nH]nc(C2CC2)c1C(=O)N1CCC(C(=O)N2CCOCC2)CC1. The Kier molecular flexibility index (Phi) is 4.50. The highest BCUT2D eigenvalue weighted by Gasteiger charge is 2.36. The zero-order chi connectivity index (χ0) is 17.4. The number of morpholine rings is 1. The topological polar surface area (TPSA) is 78.5 Å². The molecule has 3 fully saturated rings. The number of aromatic nitrogens is 2. The number of carbonyl (C=O) groups excluding carboxylic acids is 2. The fourth-order valence-electron chi connectivity index (χ4n) is 3.90. The second-order valence-corrected chi connectivity index (χ2v) is 7.39. The van der Waals surface area contributed by atoms with Crippen molar-refractivity contribution in [1.82, 2.24) is 20.0 Å². The summed E-state index contributed by atoms with van der Waals surface area (Å²) in [6.07, 6.45) is 3.75. The van der Waals surface area contributed by atoms with Gasteiger partial charge in [-0.05, 0) is 32.6 Å². The Hall–Kier alpha value is -1.89. The van der Waals surface area contributed by atoms with E-state index in [4.69, 9.17) is 4.74 Å². The van der Waals surface area contributed by atoms with Gasteiger partial charge in [0, 0.05) is 43.7 Å². The lowest BCUT2D eigenvalue weighted by molar-refractivity contribution is -0.141. The van der Waals surface area contributed by atoms with Gasteiger partial charge in [-0.2, -0.15) is 5.10 Å². The van der Waals surface area contributed by atoms with Crippen molar-refractivity contribution in [2.75, 3.05) is 39.4 Å². The van der Waals surface area contributed by atoms with Gasteiger partial charge in [0.1, 0.15) is 0 Å². The first-order chi connectivity index (χ1) is 12.1. The molecule has 1 N–H and O–H groups in total. The number of piperidine rings is 1. The number of aryl methyl sites for hydroxylation is 1. The molecule has 136 valence electrons. The molecule has 0 aromatic carbocycles. The molecular formula is C18H26N4O3. The number of carbonyl (C=O) groups is 2. The molecule has 2 aliphatic heterocycles. The van der Waals surface area contributed by atoms with E-state index >= 15 is 0 Å². The van der Waals surface area contributed by atoms with Crippen molar-refractivity contribution in [2.45, 2.75) is 38.5 Å². The Balaban J connectivity index is 1.38. The average molecular weight is 346 g/mol. The summed E-state index contributed by atoms with van der Waals surface area (Å²) in [5, 5.41) is 7.33. The van der Waals surface area contributed by atoms with E-state index in [1.165, 1.54) is 0 Å². The van der Waals surface area contributed by atoms with Crippen molar-refractivity contribution < 1.29 is 14.3 Å². The molecule has 7 nitrogen and oxygen atoms in total. The van der Waals surface area contributed by atoms with Crippen molar-refractivity contribution >= 4 is 11.8 Å². The van der Waals surface area contributed by atoms with Crippen LogP contribution >= 0.6 is 0 Å². The van der Waals surface area contributed by atoms with Gasteiger partial charge < -0.3 is 14.5 Å². The molecule has 3 heterocycles. The van der Waals surface area contributed by atoms with E-state index in [2.05, 4.69) is 10.2 Å². The quantitative estimate of drug-likeness (QED) is 0.895. The summed E-state index contributed by atoms with van der Waals surface area (Å²) in [6.45, 7) is 5.86. The summed E-state index contributed by atoms with van der Waals surface area (Å²) < 4.78 is 5.32. The third kappa shape index (κ3) is 3.29. The lowest BCUT2D eigenvalue weighted by Gasteiger charge is -2.35. The Morgan fingerprint density at radius 3 is 2.36 bits per heavy atom. The van der Waals surface area contributed by atoms with E-state index in [-0.39, 0.29) is 17.7 Å². The van der Waals surface area contributed by atoms with Crippen LogP contribution in [0.3, 0.4) is 0 Å². The molecule has 1 saturated carbocycles. The second-order valence-electron chi connectivity index (χ2n) is 7.39. The smallest absolute Gasteiger partial charge is 0.257 e. The minimum Gasteiger partial charge on any atom is -0.378 e. The minimum absolute atomic E-state index is 0.0375. The van der Waals surface area contributed by atoms with Crippen LogP contribution in [0.4, 0.5) is 0 Å². The van der Waals surface area contributed by atoms with Crippen LogP contribution in [0, 0.1) is 12.8 Å². The highest BCUT2D eigenvalue weighted by Crippen LogP contribution is 2.41. The Bertz CT molecular complexity index is 653. The number of hydrogen-bond donors (Lipinski definition) is 1. The van der Waals surface area contributed by atoms with Gasteiger partial charge in [0.15, 0.2) is 0 Å². The lowest BCUT2D eigenvalue weighted by atomic mass is 9.94. The predicted octanol–water partition coefficient (Wildman–Crippen LogP) is 1.31. The van der Waals surface area contributed by atoms with Crippen molar-refractivity contribution in [3.05, 3.63) is 17.0 Å². The van der Waals surface area contributed by atoms with Gasteiger partial charge in [0.05, 0.1) is 24.5 Å². The van der Waals surface area contributed by atoms with Crippen LogP contribution in [-0.2, 0) is 9.53 Å². The zero-order valence-electron chi connectivity index (χ0n) is 14.8. The van der Waals surface area contributed by atoms with E-state index in [0.29, 0.717) is 45.3 Å². The van der Waals surface area contributed by atoms with E-state index < -0.39 is 0 Å². The van der Waals surface area contributed by atoms with E-state index in [1.54, 1.807) is 0 Å². The molecule has 1 aromatic heterocycles. The van der Waals surface area contributed by atoms with Crippen molar-refractivity contribution in [1.29, 1.82) is 0 Å². The number of aromatic amines is 1. The van der Waals surface area contributed by atoms with Crippen LogP contribution in [0.5, 0.6) is 0 Å². The number of hydrogen-bond acceptors (Lipinski definition) is 4. The van der Waals surface area contributed by atoms with Gasteiger partial charge in [0.25, 0.3) is 5.91 Å². The van der Waals surface area contributed by atoms with Crippen LogP contribution in [0.25, 0.3) is 0 Å². The summed E-state index contributed by atoms with van der Waals surface area (Å²) in [7, 11) is 0. The fourth-order valence-corrected chi connectivity index (χ4v) is 3.90. The fraction of sp³-hybridized carbons (Fsp3) is 0.722. The molecule has 2 saturated heterocycles. The van der Waals surface area contributed by atoms with Crippen LogP contribution in [0.2, 0.25) is 0 Å². The first-order valence-electron chi connectivity index (χ1n) is 9.36. The molecule has 0 spiro atoms. The molecule has 1 aliphatic carbocycles. The Morgan fingerprint density at radius 2 is 1.72 bits per heavy atom. The van der Waals surface area contributed by atoms with Crippen LogP contribution in [0.15, 0.2) is 0 Å².